The van der Waals surface area contributed by atoms with Gasteiger partial charge in [0, 0.05) is 12.0 Å². The summed E-state index contributed by atoms with van der Waals surface area (Å²) in [6, 6.07) is 0. The number of rotatable bonds is 2. The van der Waals surface area contributed by atoms with Gasteiger partial charge in [0.1, 0.15) is 0 Å². The van der Waals surface area contributed by atoms with Gasteiger partial charge >= 0.3 is 6.18 Å². The molecule has 0 aromatic heterocycles. The Morgan fingerprint density at radius 1 is 1.05 bits per heavy atom. The molecule has 118 valence electrons. The van der Waals surface area contributed by atoms with E-state index in [2.05, 4.69) is 6.92 Å². The Kier molecular flexibility index (Phi) is 4.41. The highest BCUT2D eigenvalue weighted by atomic mass is 19.4. The fraction of sp³-hybridized carbons (Fsp3) is 1.00. The van der Waals surface area contributed by atoms with E-state index in [-0.39, 0.29) is 31.1 Å². The van der Waals surface area contributed by atoms with E-state index in [1.54, 1.807) is 0 Å². The van der Waals surface area contributed by atoms with Gasteiger partial charge in [-0.2, -0.15) is 13.2 Å². The number of hydrogen-bond donors (Lipinski definition) is 2. The van der Waals surface area contributed by atoms with Gasteiger partial charge in [-0.15, -0.1) is 0 Å². The van der Waals surface area contributed by atoms with Crippen LogP contribution in [0.5, 0.6) is 0 Å². The smallest absolute Gasteiger partial charge is 0.389 e. The highest BCUT2D eigenvalue weighted by molar-refractivity contribution is 5.04. The molecule has 0 bridgehead atoms. The van der Waals surface area contributed by atoms with Crippen molar-refractivity contribution in [3.63, 3.8) is 0 Å². The lowest BCUT2D eigenvalue weighted by molar-refractivity contribution is -0.206. The summed E-state index contributed by atoms with van der Waals surface area (Å²) in [7, 11) is 0. The lowest BCUT2D eigenvalue weighted by Gasteiger charge is -2.53. The van der Waals surface area contributed by atoms with Crippen molar-refractivity contribution in [1.29, 1.82) is 0 Å². The second kappa shape index (κ2) is 5.48. The van der Waals surface area contributed by atoms with Crippen LogP contribution in [0.4, 0.5) is 13.2 Å². The monoisotopic (exact) mass is 293 g/mol. The SMILES string of the molecule is CC1CCC(CN)(C2(O)CCC(C(F)(F)F)CC2)CC1. The summed E-state index contributed by atoms with van der Waals surface area (Å²) in [5, 5.41) is 11.0. The van der Waals surface area contributed by atoms with Crippen LogP contribution < -0.4 is 5.73 Å². The van der Waals surface area contributed by atoms with E-state index < -0.39 is 17.7 Å². The first kappa shape index (κ1) is 16.1. The van der Waals surface area contributed by atoms with Crippen LogP contribution in [0, 0.1) is 17.3 Å². The molecule has 5 heteroatoms. The van der Waals surface area contributed by atoms with Crippen molar-refractivity contribution < 1.29 is 18.3 Å². The quantitative estimate of drug-likeness (QED) is 0.816. The van der Waals surface area contributed by atoms with Crippen molar-refractivity contribution in [2.75, 3.05) is 6.54 Å². The molecule has 0 aromatic rings. The first-order valence-corrected chi connectivity index (χ1v) is 7.72. The molecule has 2 nitrogen and oxygen atoms in total. The van der Waals surface area contributed by atoms with Crippen LogP contribution in [0.25, 0.3) is 0 Å². The van der Waals surface area contributed by atoms with Crippen molar-refractivity contribution in [3.8, 4) is 0 Å². The molecule has 2 aliphatic rings. The van der Waals surface area contributed by atoms with Gasteiger partial charge in [-0.25, -0.2) is 0 Å². The molecular weight excluding hydrogens is 267 g/mol. The summed E-state index contributed by atoms with van der Waals surface area (Å²) >= 11 is 0. The largest absolute Gasteiger partial charge is 0.391 e. The van der Waals surface area contributed by atoms with E-state index in [9.17, 15) is 18.3 Å². The highest BCUT2D eigenvalue weighted by Crippen LogP contribution is 2.53. The summed E-state index contributed by atoms with van der Waals surface area (Å²) < 4.78 is 38.3. The van der Waals surface area contributed by atoms with Crippen LogP contribution in [-0.2, 0) is 0 Å². The van der Waals surface area contributed by atoms with Crippen LogP contribution in [0.2, 0.25) is 0 Å². The van der Waals surface area contributed by atoms with Crippen LogP contribution in [0.1, 0.15) is 58.3 Å². The summed E-state index contributed by atoms with van der Waals surface area (Å²) in [5.41, 5.74) is 4.58. The lowest BCUT2D eigenvalue weighted by Crippen LogP contribution is -2.56. The molecule has 0 radical (unpaired) electrons. The van der Waals surface area contributed by atoms with Crippen molar-refractivity contribution in [3.05, 3.63) is 0 Å². The second-order valence-corrected chi connectivity index (χ2v) is 7.01. The fourth-order valence-corrected chi connectivity index (χ4v) is 4.13. The standard InChI is InChI=1S/C15H26F3NO/c1-11-2-6-13(10-19,7-3-11)14(20)8-4-12(5-9-14)15(16,17)18/h11-12,20H,2-10,19H2,1H3. The first-order chi connectivity index (χ1) is 9.22. The second-order valence-electron chi connectivity index (χ2n) is 7.01. The third-order valence-electron chi connectivity index (χ3n) is 5.88. The van der Waals surface area contributed by atoms with Crippen LogP contribution >= 0.6 is 0 Å². The average Bonchev–Trinajstić information content (AvgIpc) is 2.39. The van der Waals surface area contributed by atoms with Gasteiger partial charge in [-0.1, -0.05) is 19.8 Å². The molecule has 2 rings (SSSR count). The Balaban J connectivity index is 2.07. The maximum absolute atomic E-state index is 12.8. The van der Waals surface area contributed by atoms with Gasteiger partial charge in [0.15, 0.2) is 0 Å². The third-order valence-corrected chi connectivity index (χ3v) is 5.88. The predicted octanol–water partition coefficient (Wildman–Crippen LogP) is 3.63. The number of nitrogens with two attached hydrogens (primary N) is 1. The zero-order valence-corrected chi connectivity index (χ0v) is 12.2. The lowest BCUT2D eigenvalue weighted by atomic mass is 9.56. The van der Waals surface area contributed by atoms with Crippen LogP contribution in [0.15, 0.2) is 0 Å². The zero-order valence-electron chi connectivity index (χ0n) is 12.2. The van der Waals surface area contributed by atoms with Crippen molar-refractivity contribution in [2.24, 2.45) is 23.0 Å². The molecule has 0 saturated heterocycles. The molecule has 3 N–H and O–H groups in total. The number of alkyl halides is 3. The van der Waals surface area contributed by atoms with Gasteiger partial charge < -0.3 is 10.8 Å². The van der Waals surface area contributed by atoms with Gasteiger partial charge in [0.25, 0.3) is 0 Å². The number of aliphatic hydroxyl groups is 1. The molecule has 2 fully saturated rings. The number of hydrogen-bond acceptors (Lipinski definition) is 2. The minimum absolute atomic E-state index is 0.0390. The van der Waals surface area contributed by atoms with E-state index in [0.29, 0.717) is 12.5 Å². The Morgan fingerprint density at radius 3 is 1.95 bits per heavy atom. The fourth-order valence-electron chi connectivity index (χ4n) is 4.13. The minimum atomic E-state index is -4.13. The van der Waals surface area contributed by atoms with Gasteiger partial charge in [0.05, 0.1) is 11.5 Å². The highest BCUT2D eigenvalue weighted by Gasteiger charge is 2.54. The predicted molar refractivity (Wildman–Crippen MR) is 72.1 cm³/mol. The normalized spacial score (nSPS) is 43.5. The molecule has 0 unspecified atom stereocenters. The topological polar surface area (TPSA) is 46.2 Å². The molecule has 0 atom stereocenters. The maximum Gasteiger partial charge on any atom is 0.391 e. The minimum Gasteiger partial charge on any atom is -0.389 e. The molecule has 0 amide bonds. The first-order valence-electron chi connectivity index (χ1n) is 7.72. The van der Waals surface area contributed by atoms with E-state index in [4.69, 9.17) is 5.73 Å². The summed E-state index contributed by atoms with van der Waals surface area (Å²) in [6.45, 7) is 2.57. The summed E-state index contributed by atoms with van der Waals surface area (Å²) in [4.78, 5) is 0. The molecule has 0 aromatic carbocycles. The van der Waals surface area contributed by atoms with Crippen molar-refractivity contribution >= 4 is 0 Å². The molecule has 0 spiro atoms. The van der Waals surface area contributed by atoms with E-state index >= 15 is 0 Å². The molecule has 2 aliphatic carbocycles. The molecule has 0 heterocycles. The molecule has 0 aliphatic heterocycles. The molecule has 20 heavy (non-hydrogen) atoms. The zero-order chi connectivity index (χ0) is 15.0. The van der Waals surface area contributed by atoms with Crippen LogP contribution in [-0.4, -0.2) is 23.4 Å². The molecule has 2 saturated carbocycles. The van der Waals surface area contributed by atoms with Crippen molar-refractivity contribution in [1.82, 2.24) is 0 Å². The Hall–Kier alpha value is -0.290. The summed E-state index contributed by atoms with van der Waals surface area (Å²) in [5.74, 6) is -0.620. The van der Waals surface area contributed by atoms with Gasteiger partial charge in [-0.05, 0) is 44.4 Å². The van der Waals surface area contributed by atoms with E-state index in [0.717, 1.165) is 25.7 Å². The third kappa shape index (κ3) is 2.84. The maximum atomic E-state index is 12.8. The van der Waals surface area contributed by atoms with Gasteiger partial charge in [-0.3, -0.25) is 0 Å². The van der Waals surface area contributed by atoms with Crippen LogP contribution in [0.3, 0.4) is 0 Å². The van der Waals surface area contributed by atoms with Crippen molar-refractivity contribution in [2.45, 2.75) is 70.1 Å². The average molecular weight is 293 g/mol. The number of halogens is 3. The van der Waals surface area contributed by atoms with E-state index in [1.807, 2.05) is 0 Å². The molecular formula is C15H26F3NO. The summed E-state index contributed by atoms with van der Waals surface area (Å²) in [6.07, 6.45) is 0.151. The Bertz CT molecular complexity index is 327. The van der Waals surface area contributed by atoms with Gasteiger partial charge in [0.2, 0.25) is 0 Å². The Labute approximate surface area is 118 Å². The Morgan fingerprint density at radius 2 is 1.55 bits per heavy atom. The van der Waals surface area contributed by atoms with E-state index in [1.165, 1.54) is 0 Å².